The highest BCUT2D eigenvalue weighted by molar-refractivity contribution is 6.07. The third kappa shape index (κ3) is 1.27. The van der Waals surface area contributed by atoms with E-state index < -0.39 is 0 Å². The lowest BCUT2D eigenvalue weighted by molar-refractivity contribution is 0.639. The summed E-state index contributed by atoms with van der Waals surface area (Å²) in [6.45, 7) is 6.58. The van der Waals surface area contributed by atoms with Gasteiger partial charge < -0.3 is 8.98 Å². The molecule has 2 nitrogen and oxygen atoms in total. The largest absolute Gasteiger partial charge is 0.454 e. The molecule has 3 rings (SSSR count). The summed E-state index contributed by atoms with van der Waals surface area (Å²) >= 11 is 0. The van der Waals surface area contributed by atoms with Crippen molar-refractivity contribution in [3.8, 4) is 0 Å². The molecule has 0 saturated heterocycles. The molecule has 1 aromatic carbocycles. The van der Waals surface area contributed by atoms with E-state index in [2.05, 4.69) is 44.5 Å². The van der Waals surface area contributed by atoms with Crippen molar-refractivity contribution < 1.29 is 4.42 Å². The van der Waals surface area contributed by atoms with Crippen LogP contribution in [0.3, 0.4) is 0 Å². The molecule has 0 aliphatic heterocycles. The molecular formula is C15H17NO. The van der Waals surface area contributed by atoms with Gasteiger partial charge in [-0.3, -0.25) is 0 Å². The summed E-state index contributed by atoms with van der Waals surface area (Å²) in [6.07, 6.45) is 0. The zero-order valence-corrected chi connectivity index (χ0v) is 10.7. The first-order valence-corrected chi connectivity index (χ1v) is 6.07. The van der Waals surface area contributed by atoms with Crippen LogP contribution < -0.4 is 0 Å². The van der Waals surface area contributed by atoms with E-state index in [1.54, 1.807) is 0 Å². The molecule has 2 heterocycles. The number of hydrogen-bond acceptors (Lipinski definition) is 1. The van der Waals surface area contributed by atoms with Crippen LogP contribution in [0.2, 0.25) is 0 Å². The lowest BCUT2D eigenvalue weighted by Crippen LogP contribution is -2.00. The minimum atomic E-state index is 0.469. The van der Waals surface area contributed by atoms with Crippen LogP contribution in [-0.4, -0.2) is 4.57 Å². The van der Waals surface area contributed by atoms with E-state index in [0.29, 0.717) is 5.92 Å². The molecule has 0 atom stereocenters. The van der Waals surface area contributed by atoms with Crippen LogP contribution in [0.25, 0.3) is 21.9 Å². The topological polar surface area (TPSA) is 18.1 Å². The lowest BCUT2D eigenvalue weighted by Gasteiger charge is -2.07. The maximum Gasteiger partial charge on any atom is 0.156 e. The number of nitrogens with zero attached hydrogens (tertiary/aromatic N) is 1. The van der Waals surface area contributed by atoms with Gasteiger partial charge >= 0.3 is 0 Å². The second-order valence-electron chi connectivity index (χ2n) is 4.99. The molecule has 17 heavy (non-hydrogen) atoms. The summed E-state index contributed by atoms with van der Waals surface area (Å²) in [6, 6.07) is 8.27. The van der Waals surface area contributed by atoms with Crippen LogP contribution in [0.15, 0.2) is 28.7 Å². The molecular weight excluding hydrogens is 210 g/mol. The van der Waals surface area contributed by atoms with Crippen molar-refractivity contribution in [2.24, 2.45) is 7.05 Å². The van der Waals surface area contributed by atoms with Crippen LogP contribution in [0.5, 0.6) is 0 Å². The maximum atomic E-state index is 6.03. The fourth-order valence-electron chi connectivity index (χ4n) is 2.74. The van der Waals surface area contributed by atoms with Crippen molar-refractivity contribution in [2.45, 2.75) is 26.7 Å². The summed E-state index contributed by atoms with van der Waals surface area (Å²) in [5, 5.41) is 2.49. The molecule has 2 aromatic heterocycles. The predicted octanol–water partition coefficient (Wildman–Crippen LogP) is 4.36. The molecule has 3 aromatic rings. The lowest BCUT2D eigenvalue weighted by atomic mass is 10.1. The number of fused-ring (bicyclic) bond motifs is 3. The standard InChI is InChI=1S/C15H17NO/c1-9(2)14-15-13(10(3)16(14)4)11-7-5-6-8-12(11)17-15/h5-9H,1-4H3. The number of rotatable bonds is 1. The van der Waals surface area contributed by atoms with E-state index in [-0.39, 0.29) is 0 Å². The van der Waals surface area contributed by atoms with Gasteiger partial charge in [-0.25, -0.2) is 0 Å². The Morgan fingerprint density at radius 1 is 1.18 bits per heavy atom. The maximum absolute atomic E-state index is 6.03. The molecule has 0 saturated carbocycles. The molecule has 0 aliphatic carbocycles. The molecule has 0 amide bonds. The summed E-state index contributed by atoms with van der Waals surface area (Å²) in [4.78, 5) is 0. The second kappa shape index (κ2) is 3.39. The Morgan fingerprint density at radius 3 is 2.59 bits per heavy atom. The molecule has 0 N–H and O–H groups in total. The minimum absolute atomic E-state index is 0.469. The Morgan fingerprint density at radius 2 is 1.88 bits per heavy atom. The minimum Gasteiger partial charge on any atom is -0.454 e. The number of furan rings is 1. The Hall–Kier alpha value is -1.70. The first-order chi connectivity index (χ1) is 8.11. The van der Waals surface area contributed by atoms with Crippen LogP contribution >= 0.6 is 0 Å². The zero-order chi connectivity index (χ0) is 12.2. The fraction of sp³-hybridized carbons (Fsp3) is 0.333. The van der Waals surface area contributed by atoms with Gasteiger partial charge in [-0.2, -0.15) is 0 Å². The molecule has 88 valence electrons. The van der Waals surface area contributed by atoms with Gasteiger partial charge in [-0.1, -0.05) is 32.0 Å². The van der Waals surface area contributed by atoms with Crippen molar-refractivity contribution in [1.29, 1.82) is 0 Å². The third-order valence-corrected chi connectivity index (χ3v) is 3.60. The van der Waals surface area contributed by atoms with Crippen molar-refractivity contribution in [2.75, 3.05) is 0 Å². The van der Waals surface area contributed by atoms with E-state index >= 15 is 0 Å². The Balaban J connectivity index is 2.55. The number of aromatic nitrogens is 1. The van der Waals surface area contributed by atoms with E-state index in [0.717, 1.165) is 11.2 Å². The number of aryl methyl sites for hydroxylation is 1. The third-order valence-electron chi connectivity index (χ3n) is 3.60. The van der Waals surface area contributed by atoms with Crippen molar-refractivity contribution in [3.63, 3.8) is 0 Å². The second-order valence-corrected chi connectivity index (χ2v) is 4.99. The van der Waals surface area contributed by atoms with Crippen LogP contribution in [0.4, 0.5) is 0 Å². The van der Waals surface area contributed by atoms with Gasteiger partial charge in [-0.05, 0) is 18.9 Å². The van der Waals surface area contributed by atoms with Gasteiger partial charge in [0.05, 0.1) is 5.69 Å². The quantitative estimate of drug-likeness (QED) is 0.604. The average Bonchev–Trinajstić information content (AvgIpc) is 2.76. The molecule has 2 heteroatoms. The van der Waals surface area contributed by atoms with E-state index in [1.807, 2.05) is 12.1 Å². The number of benzene rings is 1. The van der Waals surface area contributed by atoms with Gasteiger partial charge in [0.2, 0.25) is 0 Å². The average molecular weight is 227 g/mol. The van der Waals surface area contributed by atoms with Gasteiger partial charge in [0, 0.05) is 23.5 Å². The van der Waals surface area contributed by atoms with E-state index in [9.17, 15) is 0 Å². The van der Waals surface area contributed by atoms with Crippen molar-refractivity contribution in [3.05, 3.63) is 35.7 Å². The molecule has 0 fully saturated rings. The number of para-hydroxylation sites is 1. The summed E-state index contributed by atoms with van der Waals surface area (Å²) in [5.41, 5.74) is 4.62. The first-order valence-electron chi connectivity index (χ1n) is 6.07. The molecule has 0 spiro atoms. The highest BCUT2D eigenvalue weighted by atomic mass is 16.3. The van der Waals surface area contributed by atoms with Crippen molar-refractivity contribution in [1.82, 2.24) is 4.57 Å². The van der Waals surface area contributed by atoms with Crippen LogP contribution in [0.1, 0.15) is 31.2 Å². The zero-order valence-electron chi connectivity index (χ0n) is 10.7. The molecule has 0 bridgehead atoms. The molecule has 0 aliphatic rings. The fourth-order valence-corrected chi connectivity index (χ4v) is 2.74. The van der Waals surface area contributed by atoms with Gasteiger partial charge in [-0.15, -0.1) is 0 Å². The molecule has 0 unspecified atom stereocenters. The summed E-state index contributed by atoms with van der Waals surface area (Å²) in [7, 11) is 2.12. The smallest absolute Gasteiger partial charge is 0.156 e. The Labute approximate surface area is 101 Å². The van der Waals surface area contributed by atoms with E-state index in [1.165, 1.54) is 22.2 Å². The van der Waals surface area contributed by atoms with Gasteiger partial charge in [0.1, 0.15) is 5.58 Å². The summed E-state index contributed by atoms with van der Waals surface area (Å²) in [5.74, 6) is 0.469. The normalized spacial score (nSPS) is 12.1. The monoisotopic (exact) mass is 227 g/mol. The van der Waals surface area contributed by atoms with Crippen LogP contribution in [-0.2, 0) is 7.05 Å². The first kappa shape index (κ1) is 10.5. The number of hydrogen-bond donors (Lipinski definition) is 0. The highest BCUT2D eigenvalue weighted by Gasteiger charge is 2.20. The van der Waals surface area contributed by atoms with Crippen LogP contribution in [0, 0.1) is 6.92 Å². The Bertz CT molecular complexity index is 700. The summed E-state index contributed by atoms with van der Waals surface area (Å²) < 4.78 is 8.28. The predicted molar refractivity (Wildman–Crippen MR) is 71.5 cm³/mol. The molecule has 0 radical (unpaired) electrons. The van der Waals surface area contributed by atoms with Crippen molar-refractivity contribution >= 4 is 21.9 Å². The highest BCUT2D eigenvalue weighted by Crippen LogP contribution is 2.37. The Kier molecular flexibility index (Phi) is 2.09. The van der Waals surface area contributed by atoms with Gasteiger partial charge in [0.15, 0.2) is 5.58 Å². The van der Waals surface area contributed by atoms with E-state index in [4.69, 9.17) is 4.42 Å². The SMILES string of the molecule is Cc1c2c(oc3ccccc32)c(C(C)C)n1C. The van der Waals surface area contributed by atoms with Gasteiger partial charge in [0.25, 0.3) is 0 Å².